The number of hydrogen-bond acceptors (Lipinski definition) is 4. The first-order chi connectivity index (χ1) is 10.3. The molecule has 1 aromatic rings. The van der Waals surface area contributed by atoms with Crippen LogP contribution in [0, 0.1) is 0 Å². The van der Waals surface area contributed by atoms with E-state index in [9.17, 15) is 0 Å². The lowest BCUT2D eigenvalue weighted by atomic mass is 10.0. The molecule has 0 aromatic heterocycles. The Morgan fingerprint density at radius 3 is 2.71 bits per heavy atom. The van der Waals surface area contributed by atoms with Crippen LogP contribution in [0.5, 0.6) is 11.5 Å². The van der Waals surface area contributed by atoms with E-state index >= 15 is 0 Å². The SMILES string of the molecule is NCC(NC1CCCC1)c1cc(Cl)c2c(c1)OCCCO2. The van der Waals surface area contributed by atoms with Crippen LogP contribution in [-0.2, 0) is 0 Å². The number of ether oxygens (including phenoxy) is 2. The van der Waals surface area contributed by atoms with E-state index in [1.807, 2.05) is 12.1 Å². The molecule has 116 valence electrons. The standard InChI is InChI=1S/C16H23ClN2O2/c17-13-8-11(9-15-16(13)21-7-3-6-20-15)14(10-18)19-12-4-1-2-5-12/h8-9,12,14,19H,1-7,10,18H2. The van der Waals surface area contributed by atoms with Gasteiger partial charge in [-0.25, -0.2) is 0 Å². The summed E-state index contributed by atoms with van der Waals surface area (Å²) in [7, 11) is 0. The van der Waals surface area contributed by atoms with Crippen molar-refractivity contribution in [3.63, 3.8) is 0 Å². The third kappa shape index (κ3) is 3.44. The molecule has 0 bridgehead atoms. The predicted molar refractivity (Wildman–Crippen MR) is 84.2 cm³/mol. The molecule has 0 radical (unpaired) electrons. The molecule has 3 rings (SSSR count). The Morgan fingerprint density at radius 2 is 1.95 bits per heavy atom. The smallest absolute Gasteiger partial charge is 0.179 e. The van der Waals surface area contributed by atoms with Gasteiger partial charge in [0.15, 0.2) is 11.5 Å². The normalized spacial score (nSPS) is 20.3. The fraction of sp³-hybridized carbons (Fsp3) is 0.625. The molecule has 5 heteroatoms. The topological polar surface area (TPSA) is 56.5 Å². The van der Waals surface area contributed by atoms with E-state index in [0.29, 0.717) is 36.6 Å². The van der Waals surface area contributed by atoms with Gasteiger partial charge in [-0.15, -0.1) is 0 Å². The van der Waals surface area contributed by atoms with Crippen molar-refractivity contribution >= 4 is 11.6 Å². The van der Waals surface area contributed by atoms with Crippen LogP contribution in [0.3, 0.4) is 0 Å². The highest BCUT2D eigenvalue weighted by atomic mass is 35.5. The second-order valence-electron chi connectivity index (χ2n) is 5.82. The van der Waals surface area contributed by atoms with Crippen LogP contribution in [0.25, 0.3) is 0 Å². The average Bonchev–Trinajstić information content (AvgIpc) is 2.88. The Labute approximate surface area is 130 Å². The lowest BCUT2D eigenvalue weighted by Gasteiger charge is -2.23. The first-order valence-corrected chi connectivity index (χ1v) is 8.21. The van der Waals surface area contributed by atoms with Crippen LogP contribution in [0.2, 0.25) is 5.02 Å². The van der Waals surface area contributed by atoms with Crippen LogP contribution in [0.15, 0.2) is 12.1 Å². The van der Waals surface area contributed by atoms with Crippen molar-refractivity contribution in [3.05, 3.63) is 22.7 Å². The number of halogens is 1. The molecule has 2 aliphatic rings. The zero-order valence-electron chi connectivity index (χ0n) is 12.2. The highest BCUT2D eigenvalue weighted by molar-refractivity contribution is 6.32. The molecule has 3 N–H and O–H groups in total. The minimum Gasteiger partial charge on any atom is -0.489 e. The van der Waals surface area contributed by atoms with Crippen LogP contribution in [0.4, 0.5) is 0 Å². The number of rotatable bonds is 4. The lowest BCUT2D eigenvalue weighted by molar-refractivity contribution is 0.297. The second kappa shape index (κ2) is 6.86. The molecule has 1 aliphatic heterocycles. The van der Waals surface area contributed by atoms with Crippen LogP contribution >= 0.6 is 11.6 Å². The molecule has 1 heterocycles. The number of benzene rings is 1. The van der Waals surface area contributed by atoms with Crippen molar-refractivity contribution < 1.29 is 9.47 Å². The Kier molecular flexibility index (Phi) is 4.88. The van der Waals surface area contributed by atoms with Gasteiger partial charge in [0, 0.05) is 25.0 Å². The highest BCUT2D eigenvalue weighted by Gasteiger charge is 2.22. The molecular formula is C16H23ClN2O2. The molecule has 21 heavy (non-hydrogen) atoms. The van der Waals surface area contributed by atoms with Crippen molar-refractivity contribution in [2.45, 2.75) is 44.2 Å². The van der Waals surface area contributed by atoms with E-state index in [2.05, 4.69) is 5.32 Å². The first kappa shape index (κ1) is 14.9. The van der Waals surface area contributed by atoms with Gasteiger partial charge in [-0.1, -0.05) is 24.4 Å². The van der Waals surface area contributed by atoms with E-state index < -0.39 is 0 Å². The van der Waals surface area contributed by atoms with Gasteiger partial charge in [-0.3, -0.25) is 0 Å². The maximum absolute atomic E-state index is 6.36. The zero-order chi connectivity index (χ0) is 14.7. The average molecular weight is 311 g/mol. The summed E-state index contributed by atoms with van der Waals surface area (Å²) in [5.74, 6) is 1.40. The highest BCUT2D eigenvalue weighted by Crippen LogP contribution is 2.39. The fourth-order valence-corrected chi connectivity index (χ4v) is 3.40. The summed E-state index contributed by atoms with van der Waals surface area (Å²) in [6.07, 6.45) is 5.94. The minimum absolute atomic E-state index is 0.114. The van der Waals surface area contributed by atoms with E-state index in [0.717, 1.165) is 17.7 Å². The van der Waals surface area contributed by atoms with Crippen molar-refractivity contribution in [2.24, 2.45) is 5.73 Å². The number of nitrogens with two attached hydrogens (primary N) is 1. The third-order valence-corrected chi connectivity index (χ3v) is 4.54. The molecular weight excluding hydrogens is 288 g/mol. The number of fused-ring (bicyclic) bond motifs is 1. The zero-order valence-corrected chi connectivity index (χ0v) is 13.0. The number of hydrogen-bond donors (Lipinski definition) is 2. The molecule has 4 nitrogen and oxygen atoms in total. The summed E-state index contributed by atoms with van der Waals surface area (Å²) in [5, 5.41) is 4.26. The predicted octanol–water partition coefficient (Wildman–Crippen LogP) is 3.03. The third-order valence-electron chi connectivity index (χ3n) is 4.25. The molecule has 1 aromatic carbocycles. The van der Waals surface area contributed by atoms with Crippen molar-refractivity contribution in [1.82, 2.24) is 5.32 Å². The Bertz CT molecular complexity index is 489. The minimum atomic E-state index is 0.114. The molecule has 1 fully saturated rings. The van der Waals surface area contributed by atoms with E-state index in [4.69, 9.17) is 26.8 Å². The maximum Gasteiger partial charge on any atom is 0.179 e. The lowest BCUT2D eigenvalue weighted by Crippen LogP contribution is -2.35. The van der Waals surface area contributed by atoms with Gasteiger partial charge in [0.2, 0.25) is 0 Å². The first-order valence-electron chi connectivity index (χ1n) is 7.83. The van der Waals surface area contributed by atoms with Crippen LogP contribution in [0.1, 0.15) is 43.7 Å². The molecule has 0 amide bonds. The Morgan fingerprint density at radius 1 is 1.19 bits per heavy atom. The fourth-order valence-electron chi connectivity index (χ4n) is 3.13. The summed E-state index contributed by atoms with van der Waals surface area (Å²) < 4.78 is 11.4. The molecule has 0 saturated heterocycles. The molecule has 0 spiro atoms. The summed E-state index contributed by atoms with van der Waals surface area (Å²) in [6.45, 7) is 1.86. The molecule has 1 atom stereocenters. The maximum atomic E-state index is 6.36. The molecule has 1 aliphatic carbocycles. The van der Waals surface area contributed by atoms with Gasteiger partial charge < -0.3 is 20.5 Å². The second-order valence-corrected chi connectivity index (χ2v) is 6.22. The number of nitrogens with one attached hydrogen (secondary N) is 1. The van der Waals surface area contributed by atoms with E-state index in [1.165, 1.54) is 25.7 Å². The Hall–Kier alpha value is -0.970. The molecule has 1 unspecified atom stereocenters. The van der Waals surface area contributed by atoms with Gasteiger partial charge in [-0.2, -0.15) is 0 Å². The van der Waals surface area contributed by atoms with E-state index in [1.54, 1.807) is 0 Å². The van der Waals surface area contributed by atoms with Gasteiger partial charge >= 0.3 is 0 Å². The van der Waals surface area contributed by atoms with Crippen LogP contribution < -0.4 is 20.5 Å². The largest absolute Gasteiger partial charge is 0.489 e. The summed E-state index contributed by atoms with van der Waals surface area (Å²) in [6, 6.07) is 4.65. The summed E-state index contributed by atoms with van der Waals surface area (Å²) >= 11 is 6.36. The molecule has 1 saturated carbocycles. The quantitative estimate of drug-likeness (QED) is 0.897. The van der Waals surface area contributed by atoms with Crippen LogP contribution in [-0.4, -0.2) is 25.8 Å². The monoisotopic (exact) mass is 310 g/mol. The van der Waals surface area contributed by atoms with Gasteiger partial charge in [0.25, 0.3) is 0 Å². The van der Waals surface area contributed by atoms with Gasteiger partial charge in [0.05, 0.1) is 18.2 Å². The van der Waals surface area contributed by atoms with Crippen molar-refractivity contribution in [3.8, 4) is 11.5 Å². The van der Waals surface area contributed by atoms with Crippen molar-refractivity contribution in [1.29, 1.82) is 0 Å². The van der Waals surface area contributed by atoms with Gasteiger partial charge in [-0.05, 0) is 30.5 Å². The van der Waals surface area contributed by atoms with Crippen molar-refractivity contribution in [2.75, 3.05) is 19.8 Å². The Balaban J connectivity index is 1.82. The summed E-state index contributed by atoms with van der Waals surface area (Å²) in [5.41, 5.74) is 7.04. The van der Waals surface area contributed by atoms with E-state index in [-0.39, 0.29) is 6.04 Å². The summed E-state index contributed by atoms with van der Waals surface area (Å²) in [4.78, 5) is 0. The van der Waals surface area contributed by atoms with Gasteiger partial charge in [0.1, 0.15) is 0 Å².